The van der Waals surface area contributed by atoms with E-state index >= 15 is 0 Å². The molecule has 3 N–H and O–H groups in total. The van der Waals surface area contributed by atoms with Gasteiger partial charge in [-0.2, -0.15) is 0 Å². The molecule has 0 saturated carbocycles. The number of sulfone groups is 1. The molecule has 0 aliphatic carbocycles. The quantitative estimate of drug-likeness (QED) is 0.309. The lowest BCUT2D eigenvalue weighted by molar-refractivity contribution is -0.116. The minimum Gasteiger partial charge on any atom is -0.357 e. The van der Waals surface area contributed by atoms with Crippen molar-refractivity contribution in [1.29, 1.82) is 0 Å². The molecule has 1 atom stereocenters. The van der Waals surface area contributed by atoms with Gasteiger partial charge in [0.2, 0.25) is 5.91 Å². The molecule has 27 heavy (non-hydrogen) atoms. The summed E-state index contributed by atoms with van der Waals surface area (Å²) in [5.74, 6) is 0.675. The third-order valence-corrected chi connectivity index (χ3v) is 4.84. The van der Waals surface area contributed by atoms with E-state index in [2.05, 4.69) is 20.9 Å². The van der Waals surface area contributed by atoms with Crippen LogP contribution in [-0.2, 0) is 14.6 Å². The minimum absolute atomic E-state index is 0.0225. The highest BCUT2D eigenvalue weighted by molar-refractivity contribution is 7.90. The number of carbonyl (C=O) groups excluding carboxylic acids is 1. The molecule has 0 bridgehead atoms. The molecule has 1 amide bonds. The second-order valence-corrected chi connectivity index (χ2v) is 9.08. The monoisotopic (exact) mass is 416 g/mol. The summed E-state index contributed by atoms with van der Waals surface area (Å²) in [7, 11) is -2.98. The predicted molar refractivity (Wildman–Crippen MR) is 112 cm³/mol. The average Bonchev–Trinajstić information content (AvgIpc) is 2.58. The summed E-state index contributed by atoms with van der Waals surface area (Å²) < 4.78 is 22.5. The number of hydrogen-bond acceptors (Lipinski definition) is 4. The SMILES string of the molecule is CCNC(=NCCCC(=O)Nc1ccc(Cl)cc1)NC(C)CCS(C)(=O)=O. The molecule has 0 spiro atoms. The second-order valence-electron chi connectivity index (χ2n) is 6.38. The molecule has 1 rings (SSSR count). The summed E-state index contributed by atoms with van der Waals surface area (Å²) in [5.41, 5.74) is 0.711. The average molecular weight is 417 g/mol. The topological polar surface area (TPSA) is 99.7 Å². The van der Waals surface area contributed by atoms with Gasteiger partial charge in [-0.05, 0) is 51.0 Å². The number of nitrogens with zero attached hydrogens (tertiary/aromatic N) is 1. The van der Waals surface area contributed by atoms with E-state index in [0.717, 1.165) is 0 Å². The van der Waals surface area contributed by atoms with E-state index in [0.29, 0.717) is 49.0 Å². The number of halogens is 1. The van der Waals surface area contributed by atoms with Crippen molar-refractivity contribution in [2.45, 2.75) is 39.2 Å². The fourth-order valence-electron chi connectivity index (χ4n) is 2.20. The van der Waals surface area contributed by atoms with Crippen molar-refractivity contribution in [3.05, 3.63) is 29.3 Å². The number of anilines is 1. The van der Waals surface area contributed by atoms with Crippen molar-refractivity contribution in [1.82, 2.24) is 10.6 Å². The molecular weight excluding hydrogens is 388 g/mol. The fourth-order valence-corrected chi connectivity index (χ4v) is 3.11. The Balaban J connectivity index is 2.39. The first-order valence-corrected chi connectivity index (χ1v) is 11.4. The van der Waals surface area contributed by atoms with Crippen LogP contribution in [0.1, 0.15) is 33.1 Å². The predicted octanol–water partition coefficient (Wildman–Crippen LogP) is 2.44. The van der Waals surface area contributed by atoms with Crippen molar-refractivity contribution >= 4 is 39.0 Å². The first-order valence-electron chi connectivity index (χ1n) is 8.97. The van der Waals surface area contributed by atoms with Gasteiger partial charge in [-0.3, -0.25) is 9.79 Å². The van der Waals surface area contributed by atoms with Crippen molar-refractivity contribution in [2.24, 2.45) is 4.99 Å². The van der Waals surface area contributed by atoms with Gasteiger partial charge >= 0.3 is 0 Å². The van der Waals surface area contributed by atoms with E-state index in [1.54, 1.807) is 24.3 Å². The van der Waals surface area contributed by atoms with E-state index in [1.807, 2.05) is 13.8 Å². The Morgan fingerprint density at radius 3 is 2.52 bits per heavy atom. The van der Waals surface area contributed by atoms with Gasteiger partial charge in [0.15, 0.2) is 5.96 Å². The summed E-state index contributed by atoms with van der Waals surface area (Å²) in [4.78, 5) is 16.4. The van der Waals surface area contributed by atoms with Crippen LogP contribution in [0.25, 0.3) is 0 Å². The maximum Gasteiger partial charge on any atom is 0.224 e. The van der Waals surface area contributed by atoms with Crippen molar-refractivity contribution < 1.29 is 13.2 Å². The molecule has 0 aromatic heterocycles. The first-order chi connectivity index (χ1) is 12.7. The van der Waals surface area contributed by atoms with Crippen LogP contribution in [0.4, 0.5) is 5.69 Å². The van der Waals surface area contributed by atoms with Gasteiger partial charge in [0.1, 0.15) is 9.84 Å². The van der Waals surface area contributed by atoms with Gasteiger partial charge in [0, 0.05) is 42.5 Å². The van der Waals surface area contributed by atoms with Crippen molar-refractivity contribution in [3.63, 3.8) is 0 Å². The second kappa shape index (κ2) is 11.8. The highest BCUT2D eigenvalue weighted by Crippen LogP contribution is 2.13. The normalized spacial score (nSPS) is 13.1. The molecular formula is C18H29ClN4O3S. The Morgan fingerprint density at radius 2 is 1.93 bits per heavy atom. The molecule has 0 aliphatic heterocycles. The van der Waals surface area contributed by atoms with Crippen LogP contribution in [0, 0.1) is 0 Å². The number of carbonyl (C=O) groups is 1. The number of amides is 1. The lowest BCUT2D eigenvalue weighted by Crippen LogP contribution is -2.42. The third kappa shape index (κ3) is 11.5. The molecule has 1 unspecified atom stereocenters. The summed E-state index contributed by atoms with van der Waals surface area (Å²) in [5, 5.41) is 9.74. The van der Waals surface area contributed by atoms with Crippen LogP contribution in [0.15, 0.2) is 29.3 Å². The number of guanidine groups is 1. The van der Waals surface area contributed by atoms with Crippen molar-refractivity contribution in [2.75, 3.05) is 30.4 Å². The molecule has 0 aliphatic rings. The molecule has 1 aromatic rings. The Morgan fingerprint density at radius 1 is 1.26 bits per heavy atom. The van der Waals surface area contributed by atoms with Gasteiger partial charge in [0.25, 0.3) is 0 Å². The molecule has 1 aromatic carbocycles. The molecule has 0 fully saturated rings. The summed E-state index contributed by atoms with van der Waals surface area (Å²) in [6, 6.07) is 6.93. The highest BCUT2D eigenvalue weighted by Gasteiger charge is 2.09. The van der Waals surface area contributed by atoms with Crippen LogP contribution in [0.3, 0.4) is 0 Å². The largest absolute Gasteiger partial charge is 0.357 e. The lowest BCUT2D eigenvalue weighted by Gasteiger charge is -2.17. The molecule has 152 valence electrons. The van der Waals surface area contributed by atoms with E-state index < -0.39 is 9.84 Å². The fraction of sp³-hybridized carbons (Fsp3) is 0.556. The zero-order chi connectivity index (χ0) is 20.3. The zero-order valence-electron chi connectivity index (χ0n) is 16.1. The molecule has 0 saturated heterocycles. The number of rotatable bonds is 10. The standard InChI is InChI=1S/C18H29ClN4O3S/c1-4-20-18(22-14(2)11-13-27(3,25)26)21-12-5-6-17(24)23-16-9-7-15(19)8-10-16/h7-10,14H,4-6,11-13H2,1-3H3,(H,23,24)(H2,20,21,22). The molecule has 7 nitrogen and oxygen atoms in total. The Bertz CT molecular complexity index is 721. The van der Waals surface area contributed by atoms with E-state index in [-0.39, 0.29) is 17.7 Å². The van der Waals surface area contributed by atoms with Crippen LogP contribution < -0.4 is 16.0 Å². The summed E-state index contributed by atoms with van der Waals surface area (Å²) in [6.07, 6.45) is 2.70. The van der Waals surface area contributed by atoms with Gasteiger partial charge in [0.05, 0.1) is 5.75 Å². The maximum absolute atomic E-state index is 11.9. The van der Waals surface area contributed by atoms with Gasteiger partial charge < -0.3 is 16.0 Å². The van der Waals surface area contributed by atoms with Crippen LogP contribution in [0.5, 0.6) is 0 Å². The first kappa shape index (κ1) is 23.2. The molecule has 9 heteroatoms. The van der Waals surface area contributed by atoms with E-state index in [9.17, 15) is 13.2 Å². The third-order valence-electron chi connectivity index (χ3n) is 3.61. The van der Waals surface area contributed by atoms with Crippen molar-refractivity contribution in [3.8, 4) is 0 Å². The van der Waals surface area contributed by atoms with Gasteiger partial charge in [-0.25, -0.2) is 8.42 Å². The number of aliphatic imine (C=N–C) groups is 1. The van der Waals surface area contributed by atoms with Crippen LogP contribution in [0.2, 0.25) is 5.02 Å². The Kier molecular flexibility index (Phi) is 10.2. The molecule has 0 heterocycles. The number of nitrogens with one attached hydrogen (secondary N) is 3. The Hall–Kier alpha value is -1.80. The minimum atomic E-state index is -2.98. The number of hydrogen-bond donors (Lipinski definition) is 3. The smallest absolute Gasteiger partial charge is 0.224 e. The zero-order valence-corrected chi connectivity index (χ0v) is 17.7. The highest BCUT2D eigenvalue weighted by atomic mass is 35.5. The van der Waals surface area contributed by atoms with Gasteiger partial charge in [-0.15, -0.1) is 0 Å². The van der Waals surface area contributed by atoms with Crippen LogP contribution >= 0.6 is 11.6 Å². The molecule has 0 radical (unpaired) electrons. The maximum atomic E-state index is 11.9. The van der Waals surface area contributed by atoms with E-state index in [4.69, 9.17) is 11.6 Å². The summed E-state index contributed by atoms with van der Waals surface area (Å²) in [6.45, 7) is 5.05. The Labute approximate surface area is 166 Å². The van der Waals surface area contributed by atoms with Crippen LogP contribution in [-0.4, -0.2) is 51.4 Å². The van der Waals surface area contributed by atoms with E-state index in [1.165, 1.54) is 6.26 Å². The lowest BCUT2D eigenvalue weighted by atomic mass is 10.2. The van der Waals surface area contributed by atoms with Gasteiger partial charge in [-0.1, -0.05) is 11.6 Å². The number of benzene rings is 1. The summed E-state index contributed by atoms with van der Waals surface area (Å²) >= 11 is 5.81.